The van der Waals surface area contributed by atoms with E-state index >= 15 is 0 Å². The van der Waals surface area contributed by atoms with Crippen molar-refractivity contribution in [1.29, 1.82) is 5.26 Å². The summed E-state index contributed by atoms with van der Waals surface area (Å²) in [6, 6.07) is 17.0. The maximum absolute atomic E-state index is 9.24. The second-order valence-corrected chi connectivity index (χ2v) is 4.70. The molecule has 2 heteroatoms. The fourth-order valence-corrected chi connectivity index (χ4v) is 2.37. The molecule has 1 aliphatic rings. The van der Waals surface area contributed by atoms with Crippen LogP contribution in [-0.2, 0) is 11.2 Å². The van der Waals surface area contributed by atoms with Crippen molar-refractivity contribution >= 4 is 10.8 Å². The van der Waals surface area contributed by atoms with E-state index in [1.807, 2.05) is 12.1 Å². The number of nitriles is 1. The molecule has 17 heavy (non-hydrogen) atoms. The molecule has 0 unspecified atom stereocenters. The molecule has 1 heterocycles. The molecule has 1 aliphatic heterocycles. The zero-order chi connectivity index (χ0) is 11.7. The normalized spacial score (nSPS) is 17.4. The predicted octanol–water partition coefficient (Wildman–Crippen LogP) is 2.92. The van der Waals surface area contributed by atoms with Crippen LogP contribution in [0.2, 0.25) is 0 Å². The summed E-state index contributed by atoms with van der Waals surface area (Å²) in [5.41, 5.74) is 0.942. The van der Waals surface area contributed by atoms with E-state index in [9.17, 15) is 5.26 Å². The summed E-state index contributed by atoms with van der Waals surface area (Å²) in [5, 5.41) is 11.7. The van der Waals surface area contributed by atoms with Gasteiger partial charge in [-0.2, -0.15) is 5.26 Å². The van der Waals surface area contributed by atoms with Crippen LogP contribution in [0.25, 0.3) is 10.8 Å². The molecule has 1 fully saturated rings. The molecule has 3 rings (SSSR count). The van der Waals surface area contributed by atoms with Crippen LogP contribution in [0.3, 0.4) is 0 Å². The van der Waals surface area contributed by atoms with E-state index in [-0.39, 0.29) is 5.41 Å². The van der Waals surface area contributed by atoms with Crippen molar-refractivity contribution in [3.63, 3.8) is 0 Å². The fourth-order valence-electron chi connectivity index (χ4n) is 2.37. The first kappa shape index (κ1) is 10.3. The number of benzene rings is 2. The third-order valence-electron chi connectivity index (χ3n) is 3.40. The summed E-state index contributed by atoms with van der Waals surface area (Å²) in [6.45, 7) is 1.12. The third-order valence-corrected chi connectivity index (χ3v) is 3.40. The van der Waals surface area contributed by atoms with Gasteiger partial charge in [-0.3, -0.25) is 0 Å². The van der Waals surface area contributed by atoms with Gasteiger partial charge < -0.3 is 4.74 Å². The molecule has 2 nitrogen and oxygen atoms in total. The largest absolute Gasteiger partial charge is 0.378 e. The second kappa shape index (κ2) is 3.87. The molecular formula is C15H13NO. The molecule has 2 aromatic rings. The van der Waals surface area contributed by atoms with E-state index in [1.54, 1.807) is 0 Å². The fraction of sp³-hybridized carbons (Fsp3) is 0.267. The van der Waals surface area contributed by atoms with Crippen LogP contribution in [0, 0.1) is 16.7 Å². The van der Waals surface area contributed by atoms with Crippen LogP contribution in [-0.4, -0.2) is 13.2 Å². The smallest absolute Gasteiger partial charge is 0.108 e. The van der Waals surface area contributed by atoms with Gasteiger partial charge >= 0.3 is 0 Å². The summed E-state index contributed by atoms with van der Waals surface area (Å²) in [4.78, 5) is 0. The number of rotatable bonds is 2. The zero-order valence-electron chi connectivity index (χ0n) is 9.52. The van der Waals surface area contributed by atoms with Gasteiger partial charge in [0.1, 0.15) is 5.41 Å². The minimum atomic E-state index is -0.301. The monoisotopic (exact) mass is 223 g/mol. The Kier molecular flexibility index (Phi) is 2.35. The van der Waals surface area contributed by atoms with Crippen LogP contribution in [0.5, 0.6) is 0 Å². The van der Waals surface area contributed by atoms with E-state index in [4.69, 9.17) is 4.74 Å². The minimum absolute atomic E-state index is 0.301. The van der Waals surface area contributed by atoms with Gasteiger partial charge in [-0.15, -0.1) is 0 Å². The van der Waals surface area contributed by atoms with Crippen molar-refractivity contribution in [3.05, 3.63) is 48.0 Å². The number of ether oxygens (including phenoxy) is 1. The molecule has 84 valence electrons. The number of hydrogen-bond donors (Lipinski definition) is 0. The molecular weight excluding hydrogens is 210 g/mol. The zero-order valence-corrected chi connectivity index (χ0v) is 9.52. The Bertz CT molecular complexity index is 588. The Morgan fingerprint density at radius 3 is 2.59 bits per heavy atom. The van der Waals surface area contributed by atoms with Gasteiger partial charge in [-0.05, 0) is 22.8 Å². The van der Waals surface area contributed by atoms with Crippen LogP contribution in [0.4, 0.5) is 0 Å². The molecule has 0 N–H and O–H groups in total. The van der Waals surface area contributed by atoms with E-state index < -0.39 is 0 Å². The van der Waals surface area contributed by atoms with Crippen molar-refractivity contribution in [2.45, 2.75) is 6.42 Å². The van der Waals surface area contributed by atoms with E-state index in [0.29, 0.717) is 13.2 Å². The standard InChI is InChI=1S/C15H13NO/c16-9-15(10-17-11-15)8-13-6-3-5-12-4-1-2-7-14(12)13/h1-7H,8,10-11H2. The lowest BCUT2D eigenvalue weighted by molar-refractivity contribution is -0.0763. The number of hydrogen-bond acceptors (Lipinski definition) is 2. The summed E-state index contributed by atoms with van der Waals surface area (Å²) in [6.07, 6.45) is 0.783. The molecule has 0 radical (unpaired) electrons. The average molecular weight is 223 g/mol. The van der Waals surface area contributed by atoms with Crippen LogP contribution >= 0.6 is 0 Å². The Morgan fingerprint density at radius 1 is 1.12 bits per heavy atom. The number of fused-ring (bicyclic) bond motifs is 1. The Labute approximate surface area is 100 Å². The molecule has 0 aliphatic carbocycles. The topological polar surface area (TPSA) is 33.0 Å². The lowest BCUT2D eigenvalue weighted by Crippen LogP contribution is -2.43. The molecule has 0 atom stereocenters. The van der Waals surface area contributed by atoms with Crippen molar-refractivity contribution in [1.82, 2.24) is 0 Å². The van der Waals surface area contributed by atoms with Crippen molar-refractivity contribution < 1.29 is 4.74 Å². The highest BCUT2D eigenvalue weighted by atomic mass is 16.5. The first-order chi connectivity index (χ1) is 8.33. The highest BCUT2D eigenvalue weighted by molar-refractivity contribution is 5.85. The second-order valence-electron chi connectivity index (χ2n) is 4.70. The van der Waals surface area contributed by atoms with Crippen molar-refractivity contribution in [2.24, 2.45) is 5.41 Å². The van der Waals surface area contributed by atoms with E-state index in [2.05, 4.69) is 36.4 Å². The molecule has 0 aromatic heterocycles. The summed E-state index contributed by atoms with van der Waals surface area (Å²) < 4.78 is 5.19. The minimum Gasteiger partial charge on any atom is -0.378 e. The Balaban J connectivity index is 2.04. The number of nitrogens with zero attached hydrogens (tertiary/aromatic N) is 1. The summed E-state index contributed by atoms with van der Waals surface area (Å²) in [5.74, 6) is 0. The van der Waals surface area contributed by atoms with Crippen molar-refractivity contribution in [2.75, 3.05) is 13.2 Å². The maximum Gasteiger partial charge on any atom is 0.108 e. The van der Waals surface area contributed by atoms with Gasteiger partial charge in [0.25, 0.3) is 0 Å². The lowest BCUT2D eigenvalue weighted by Gasteiger charge is -2.35. The molecule has 1 saturated heterocycles. The molecule has 2 aromatic carbocycles. The molecule has 0 amide bonds. The maximum atomic E-state index is 9.24. The van der Waals surface area contributed by atoms with Gasteiger partial charge in [0.2, 0.25) is 0 Å². The summed E-state index contributed by atoms with van der Waals surface area (Å²) in [7, 11) is 0. The quantitative estimate of drug-likeness (QED) is 0.784. The third kappa shape index (κ3) is 1.69. The summed E-state index contributed by atoms with van der Waals surface area (Å²) >= 11 is 0. The predicted molar refractivity (Wildman–Crippen MR) is 66.5 cm³/mol. The first-order valence-corrected chi connectivity index (χ1v) is 5.79. The lowest BCUT2D eigenvalue weighted by atomic mass is 9.80. The van der Waals surface area contributed by atoms with Gasteiger partial charge in [-0.1, -0.05) is 42.5 Å². The van der Waals surface area contributed by atoms with Gasteiger partial charge in [0.05, 0.1) is 19.3 Å². The highest BCUT2D eigenvalue weighted by Crippen LogP contribution is 2.33. The van der Waals surface area contributed by atoms with Crippen molar-refractivity contribution in [3.8, 4) is 6.07 Å². The highest BCUT2D eigenvalue weighted by Gasteiger charge is 2.39. The Morgan fingerprint density at radius 2 is 1.88 bits per heavy atom. The van der Waals surface area contributed by atoms with Gasteiger partial charge in [0, 0.05) is 0 Å². The van der Waals surface area contributed by atoms with Crippen LogP contribution in [0.1, 0.15) is 5.56 Å². The molecule has 0 spiro atoms. The Hall–Kier alpha value is -1.85. The SMILES string of the molecule is N#CC1(Cc2cccc3ccccc23)COC1. The average Bonchev–Trinajstić information content (AvgIpc) is 2.34. The van der Waals surface area contributed by atoms with Crippen LogP contribution < -0.4 is 0 Å². The molecule has 0 bridgehead atoms. The van der Waals surface area contributed by atoms with Gasteiger partial charge in [0.15, 0.2) is 0 Å². The van der Waals surface area contributed by atoms with E-state index in [1.165, 1.54) is 16.3 Å². The van der Waals surface area contributed by atoms with Gasteiger partial charge in [-0.25, -0.2) is 0 Å². The van der Waals surface area contributed by atoms with E-state index in [0.717, 1.165) is 6.42 Å². The van der Waals surface area contributed by atoms with Crippen LogP contribution in [0.15, 0.2) is 42.5 Å². The first-order valence-electron chi connectivity index (χ1n) is 5.79. The molecule has 0 saturated carbocycles.